The maximum Gasteiger partial charge on any atom is 0.225 e. The van der Waals surface area contributed by atoms with Crippen LogP contribution in [0.5, 0.6) is 0 Å². The van der Waals surface area contributed by atoms with E-state index >= 15 is 0 Å². The van der Waals surface area contributed by atoms with E-state index in [-0.39, 0.29) is 5.91 Å². The van der Waals surface area contributed by atoms with Crippen LogP contribution in [0.4, 0.5) is 10.1 Å². The van der Waals surface area contributed by atoms with E-state index in [1.165, 1.54) is 6.07 Å². The normalized spacial score (nSPS) is 23.1. The number of amides is 1. The molecule has 18 heavy (non-hydrogen) atoms. The Bertz CT molecular complexity index is 504. The first-order valence-electron chi connectivity index (χ1n) is 5.76. The van der Waals surface area contributed by atoms with Crippen molar-refractivity contribution in [1.29, 1.82) is 0 Å². The number of carbonyl (C=O) groups excluding carboxylic acids is 2. The molecule has 1 aromatic rings. The number of primary amides is 1. The third kappa shape index (κ3) is 2.08. The average molecular weight is 250 g/mol. The molecule has 2 N–H and O–H groups in total. The van der Waals surface area contributed by atoms with Gasteiger partial charge in [0, 0.05) is 18.7 Å². The molecule has 1 saturated heterocycles. The van der Waals surface area contributed by atoms with E-state index in [4.69, 9.17) is 5.73 Å². The summed E-state index contributed by atoms with van der Waals surface area (Å²) in [7, 11) is 0. The third-order valence-electron chi connectivity index (χ3n) is 3.52. The van der Waals surface area contributed by atoms with E-state index < -0.39 is 11.2 Å². The SMILES string of the molecule is CC1(C(N)=O)CCN(c2ccc(C=O)cc2F)C1. The number of nitrogens with two attached hydrogens (primary N) is 1. The van der Waals surface area contributed by atoms with E-state index in [1.54, 1.807) is 24.0 Å². The maximum absolute atomic E-state index is 13.8. The molecule has 0 saturated carbocycles. The van der Waals surface area contributed by atoms with Gasteiger partial charge in [-0.2, -0.15) is 0 Å². The molecule has 2 rings (SSSR count). The summed E-state index contributed by atoms with van der Waals surface area (Å²) in [6.45, 7) is 2.77. The number of nitrogens with zero attached hydrogens (tertiary/aromatic N) is 1. The zero-order chi connectivity index (χ0) is 13.3. The fourth-order valence-electron chi connectivity index (χ4n) is 2.22. The number of rotatable bonds is 3. The van der Waals surface area contributed by atoms with Gasteiger partial charge < -0.3 is 10.6 Å². The molecule has 0 aliphatic carbocycles. The van der Waals surface area contributed by atoms with Crippen molar-refractivity contribution in [2.75, 3.05) is 18.0 Å². The quantitative estimate of drug-likeness (QED) is 0.823. The molecule has 96 valence electrons. The predicted octanol–water partition coefficient (Wildman–Crippen LogP) is 1.34. The molecule has 1 amide bonds. The lowest BCUT2D eigenvalue weighted by Crippen LogP contribution is -2.37. The van der Waals surface area contributed by atoms with Crippen LogP contribution in [0.15, 0.2) is 18.2 Å². The van der Waals surface area contributed by atoms with Gasteiger partial charge in [-0.3, -0.25) is 9.59 Å². The Morgan fingerprint density at radius 1 is 1.56 bits per heavy atom. The molecular weight excluding hydrogens is 235 g/mol. The van der Waals surface area contributed by atoms with Crippen LogP contribution in [0.25, 0.3) is 0 Å². The fraction of sp³-hybridized carbons (Fsp3) is 0.385. The predicted molar refractivity (Wildman–Crippen MR) is 65.9 cm³/mol. The largest absolute Gasteiger partial charge is 0.369 e. The van der Waals surface area contributed by atoms with Gasteiger partial charge in [-0.1, -0.05) is 0 Å². The number of hydrogen-bond donors (Lipinski definition) is 1. The first-order valence-corrected chi connectivity index (χ1v) is 5.76. The first-order chi connectivity index (χ1) is 8.46. The molecular formula is C13H15FN2O2. The topological polar surface area (TPSA) is 63.4 Å². The van der Waals surface area contributed by atoms with E-state index in [9.17, 15) is 14.0 Å². The summed E-state index contributed by atoms with van der Waals surface area (Å²) in [6, 6.07) is 4.32. The molecule has 1 aliphatic heterocycles. The number of aldehydes is 1. The third-order valence-corrected chi connectivity index (χ3v) is 3.52. The Morgan fingerprint density at radius 3 is 2.78 bits per heavy atom. The molecule has 0 radical (unpaired) electrons. The van der Waals surface area contributed by atoms with Gasteiger partial charge in [0.2, 0.25) is 5.91 Å². The summed E-state index contributed by atoms with van der Waals surface area (Å²) in [5.41, 5.74) is 5.44. The molecule has 4 nitrogen and oxygen atoms in total. The van der Waals surface area contributed by atoms with E-state index in [2.05, 4.69) is 0 Å². The molecule has 1 aromatic carbocycles. The van der Waals surface area contributed by atoms with E-state index in [0.29, 0.717) is 37.0 Å². The standard InChI is InChI=1S/C13H15FN2O2/c1-13(12(15)18)4-5-16(8-13)11-3-2-9(7-17)6-10(11)14/h2-3,6-7H,4-5,8H2,1H3,(H2,15,18). The highest BCUT2D eigenvalue weighted by molar-refractivity contribution is 5.82. The summed E-state index contributed by atoms with van der Waals surface area (Å²) in [5, 5.41) is 0. The van der Waals surface area contributed by atoms with Gasteiger partial charge in [0.1, 0.15) is 12.1 Å². The summed E-state index contributed by atoms with van der Waals surface area (Å²) < 4.78 is 13.8. The summed E-state index contributed by atoms with van der Waals surface area (Å²) in [6.07, 6.45) is 1.21. The van der Waals surface area contributed by atoms with Gasteiger partial charge in [-0.25, -0.2) is 4.39 Å². The maximum atomic E-state index is 13.8. The van der Waals surface area contributed by atoms with Crippen molar-refractivity contribution >= 4 is 17.9 Å². The molecule has 1 atom stereocenters. The van der Waals surface area contributed by atoms with Gasteiger partial charge in [0.25, 0.3) is 0 Å². The molecule has 1 heterocycles. The molecule has 0 bridgehead atoms. The Morgan fingerprint density at radius 2 is 2.28 bits per heavy atom. The van der Waals surface area contributed by atoms with Crippen LogP contribution in [0.1, 0.15) is 23.7 Å². The minimum atomic E-state index is -0.615. The highest BCUT2D eigenvalue weighted by Gasteiger charge is 2.39. The van der Waals surface area contributed by atoms with Crippen molar-refractivity contribution in [1.82, 2.24) is 0 Å². The smallest absolute Gasteiger partial charge is 0.225 e. The van der Waals surface area contributed by atoms with Crippen LogP contribution >= 0.6 is 0 Å². The van der Waals surface area contributed by atoms with Gasteiger partial charge in [-0.05, 0) is 31.5 Å². The van der Waals surface area contributed by atoms with Crippen LogP contribution in [0.2, 0.25) is 0 Å². The second-order valence-electron chi connectivity index (χ2n) is 4.93. The molecule has 1 fully saturated rings. The molecule has 0 aromatic heterocycles. The lowest BCUT2D eigenvalue weighted by Gasteiger charge is -2.23. The number of anilines is 1. The first kappa shape index (κ1) is 12.5. The highest BCUT2D eigenvalue weighted by Crippen LogP contribution is 2.34. The molecule has 5 heteroatoms. The Balaban J connectivity index is 2.24. The second kappa shape index (κ2) is 4.40. The number of halogens is 1. The fourth-order valence-corrected chi connectivity index (χ4v) is 2.22. The summed E-state index contributed by atoms with van der Waals surface area (Å²) >= 11 is 0. The number of hydrogen-bond acceptors (Lipinski definition) is 3. The van der Waals surface area contributed by atoms with Gasteiger partial charge >= 0.3 is 0 Å². The summed E-state index contributed by atoms with van der Waals surface area (Å²) in [5.74, 6) is -0.816. The average Bonchev–Trinajstić information content (AvgIpc) is 2.73. The van der Waals surface area contributed by atoms with Crippen molar-refractivity contribution in [3.8, 4) is 0 Å². The van der Waals surface area contributed by atoms with Crippen molar-refractivity contribution < 1.29 is 14.0 Å². The molecule has 1 aliphatic rings. The van der Waals surface area contributed by atoms with Crippen molar-refractivity contribution in [3.63, 3.8) is 0 Å². The Labute approximate surface area is 105 Å². The van der Waals surface area contributed by atoms with E-state index in [0.717, 1.165) is 0 Å². The van der Waals surface area contributed by atoms with Gasteiger partial charge in [0.05, 0.1) is 11.1 Å². The monoisotopic (exact) mass is 250 g/mol. The van der Waals surface area contributed by atoms with Gasteiger partial charge in [0.15, 0.2) is 0 Å². The van der Waals surface area contributed by atoms with Crippen LogP contribution < -0.4 is 10.6 Å². The van der Waals surface area contributed by atoms with Crippen LogP contribution in [0, 0.1) is 11.2 Å². The lowest BCUT2D eigenvalue weighted by atomic mass is 9.89. The molecule has 0 spiro atoms. The van der Waals surface area contributed by atoms with Gasteiger partial charge in [-0.15, -0.1) is 0 Å². The van der Waals surface area contributed by atoms with E-state index in [1.807, 2.05) is 0 Å². The Hall–Kier alpha value is -1.91. The van der Waals surface area contributed by atoms with Crippen LogP contribution in [0.3, 0.4) is 0 Å². The van der Waals surface area contributed by atoms with Crippen molar-refractivity contribution in [3.05, 3.63) is 29.6 Å². The molecule has 1 unspecified atom stereocenters. The zero-order valence-corrected chi connectivity index (χ0v) is 10.1. The van der Waals surface area contributed by atoms with Crippen molar-refractivity contribution in [2.45, 2.75) is 13.3 Å². The zero-order valence-electron chi connectivity index (χ0n) is 10.1. The highest BCUT2D eigenvalue weighted by atomic mass is 19.1. The minimum Gasteiger partial charge on any atom is -0.369 e. The summed E-state index contributed by atoms with van der Waals surface area (Å²) in [4.78, 5) is 23.7. The van der Waals surface area contributed by atoms with Crippen LogP contribution in [-0.4, -0.2) is 25.3 Å². The van der Waals surface area contributed by atoms with Crippen LogP contribution in [-0.2, 0) is 4.79 Å². The number of carbonyl (C=O) groups is 2. The Kier molecular flexibility index (Phi) is 3.07. The lowest BCUT2D eigenvalue weighted by molar-refractivity contribution is -0.125. The second-order valence-corrected chi connectivity index (χ2v) is 4.93. The number of benzene rings is 1. The minimum absolute atomic E-state index is 0.299. The van der Waals surface area contributed by atoms with Crippen molar-refractivity contribution in [2.24, 2.45) is 11.1 Å².